The zero-order valence-corrected chi connectivity index (χ0v) is 11.5. The number of rotatable bonds is 6. The van der Waals surface area contributed by atoms with E-state index in [1.165, 1.54) is 0 Å². The van der Waals surface area contributed by atoms with Gasteiger partial charge in [-0.2, -0.15) is 0 Å². The van der Waals surface area contributed by atoms with E-state index in [4.69, 9.17) is 4.74 Å². The van der Waals surface area contributed by atoms with Crippen LogP contribution < -0.4 is 15.4 Å². The number of para-hydroxylation sites is 1. The van der Waals surface area contributed by atoms with Crippen LogP contribution in [0.15, 0.2) is 24.3 Å². The molecule has 0 unspecified atom stereocenters. The molecule has 0 spiro atoms. The summed E-state index contributed by atoms with van der Waals surface area (Å²) in [6, 6.07) is 8.04. The summed E-state index contributed by atoms with van der Waals surface area (Å²) in [5.74, 6) is 0.841. The van der Waals surface area contributed by atoms with E-state index >= 15 is 0 Å². The molecule has 4 nitrogen and oxygen atoms in total. The predicted octanol–water partition coefficient (Wildman–Crippen LogP) is 1.87. The molecule has 1 aromatic rings. The molecule has 0 aromatic heterocycles. The molecule has 0 aliphatic rings. The molecule has 0 saturated carbocycles. The van der Waals surface area contributed by atoms with Gasteiger partial charge < -0.3 is 15.4 Å². The van der Waals surface area contributed by atoms with Gasteiger partial charge in [0, 0.05) is 17.6 Å². The summed E-state index contributed by atoms with van der Waals surface area (Å²) >= 11 is 0. The van der Waals surface area contributed by atoms with Crippen LogP contribution in [0.4, 0.5) is 0 Å². The molecule has 0 aliphatic heterocycles. The zero-order valence-electron chi connectivity index (χ0n) is 11.5. The Kier molecular flexibility index (Phi) is 5.65. The molecule has 0 heterocycles. The number of benzene rings is 1. The third kappa shape index (κ3) is 4.37. The van der Waals surface area contributed by atoms with Gasteiger partial charge in [0.2, 0.25) is 5.91 Å². The van der Waals surface area contributed by atoms with E-state index in [9.17, 15) is 4.79 Å². The molecule has 1 rings (SSSR count). The topological polar surface area (TPSA) is 50.4 Å². The van der Waals surface area contributed by atoms with E-state index < -0.39 is 0 Å². The van der Waals surface area contributed by atoms with Crippen molar-refractivity contribution < 1.29 is 9.53 Å². The fraction of sp³-hybridized carbons (Fsp3) is 0.500. The highest BCUT2D eigenvalue weighted by Crippen LogP contribution is 2.23. The Hall–Kier alpha value is -1.55. The summed E-state index contributed by atoms with van der Waals surface area (Å²) in [5, 5.41) is 6.03. The van der Waals surface area contributed by atoms with Gasteiger partial charge in [-0.1, -0.05) is 18.2 Å². The lowest BCUT2D eigenvalue weighted by Gasteiger charge is -2.17. The smallest absolute Gasteiger partial charge is 0.234 e. The number of nitrogens with one attached hydrogen (secondary N) is 2. The Morgan fingerprint density at radius 3 is 2.56 bits per heavy atom. The SMILES string of the molecule is COc1ccccc1[C@H](C)NCC(=O)NC(C)C. The molecule has 1 aromatic carbocycles. The van der Waals surface area contributed by atoms with Gasteiger partial charge in [-0.05, 0) is 26.8 Å². The summed E-state index contributed by atoms with van der Waals surface area (Å²) in [6.07, 6.45) is 0. The lowest BCUT2D eigenvalue weighted by Crippen LogP contribution is -2.38. The van der Waals surface area contributed by atoms with E-state index in [1.807, 2.05) is 45.0 Å². The van der Waals surface area contributed by atoms with Gasteiger partial charge in [-0.15, -0.1) is 0 Å². The highest BCUT2D eigenvalue weighted by molar-refractivity contribution is 5.78. The van der Waals surface area contributed by atoms with E-state index in [0.717, 1.165) is 11.3 Å². The first kappa shape index (κ1) is 14.5. The van der Waals surface area contributed by atoms with Crippen LogP contribution >= 0.6 is 0 Å². The van der Waals surface area contributed by atoms with Crippen molar-refractivity contribution in [1.82, 2.24) is 10.6 Å². The fourth-order valence-electron chi connectivity index (χ4n) is 1.75. The van der Waals surface area contributed by atoms with Gasteiger partial charge in [0.05, 0.1) is 13.7 Å². The Labute approximate surface area is 109 Å². The van der Waals surface area contributed by atoms with Crippen LogP contribution in [0.1, 0.15) is 32.4 Å². The number of carbonyl (C=O) groups is 1. The van der Waals surface area contributed by atoms with Gasteiger partial charge in [0.25, 0.3) is 0 Å². The minimum atomic E-state index is 0.00625. The van der Waals surface area contributed by atoms with Crippen molar-refractivity contribution in [2.24, 2.45) is 0 Å². The Balaban J connectivity index is 2.55. The lowest BCUT2D eigenvalue weighted by atomic mass is 10.1. The van der Waals surface area contributed by atoms with Crippen molar-refractivity contribution >= 4 is 5.91 Å². The number of hydrogen-bond donors (Lipinski definition) is 2. The molecule has 0 saturated heterocycles. The third-order valence-electron chi connectivity index (χ3n) is 2.62. The fourth-order valence-corrected chi connectivity index (χ4v) is 1.75. The van der Waals surface area contributed by atoms with E-state index in [-0.39, 0.29) is 18.0 Å². The summed E-state index contributed by atoms with van der Waals surface area (Å²) in [7, 11) is 1.65. The maximum absolute atomic E-state index is 11.5. The van der Waals surface area contributed by atoms with E-state index in [0.29, 0.717) is 6.54 Å². The monoisotopic (exact) mass is 250 g/mol. The van der Waals surface area contributed by atoms with Gasteiger partial charge in [-0.25, -0.2) is 0 Å². The molecule has 4 heteroatoms. The van der Waals surface area contributed by atoms with Crippen molar-refractivity contribution in [2.45, 2.75) is 32.9 Å². The summed E-state index contributed by atoms with van der Waals surface area (Å²) in [4.78, 5) is 11.5. The molecule has 0 fully saturated rings. The lowest BCUT2D eigenvalue weighted by molar-refractivity contribution is -0.120. The van der Waals surface area contributed by atoms with Crippen LogP contribution in [0.2, 0.25) is 0 Å². The Morgan fingerprint density at radius 2 is 1.94 bits per heavy atom. The van der Waals surface area contributed by atoms with E-state index in [2.05, 4.69) is 10.6 Å². The van der Waals surface area contributed by atoms with Crippen LogP contribution in [0, 0.1) is 0 Å². The van der Waals surface area contributed by atoms with Gasteiger partial charge in [0.15, 0.2) is 0 Å². The second-order valence-electron chi connectivity index (χ2n) is 4.57. The maximum Gasteiger partial charge on any atom is 0.234 e. The molecular formula is C14H22N2O2. The first-order valence-corrected chi connectivity index (χ1v) is 6.20. The van der Waals surface area contributed by atoms with Crippen LogP contribution in [-0.2, 0) is 4.79 Å². The van der Waals surface area contributed by atoms with Gasteiger partial charge in [0.1, 0.15) is 5.75 Å². The summed E-state index contributed by atoms with van der Waals surface area (Å²) < 4.78 is 5.30. The normalized spacial score (nSPS) is 12.3. The summed E-state index contributed by atoms with van der Waals surface area (Å²) in [5.41, 5.74) is 1.05. The molecule has 1 amide bonds. The first-order valence-electron chi connectivity index (χ1n) is 6.20. The van der Waals surface area contributed by atoms with Crippen molar-refractivity contribution in [3.8, 4) is 5.75 Å². The van der Waals surface area contributed by atoms with Crippen LogP contribution in [0.3, 0.4) is 0 Å². The number of methoxy groups -OCH3 is 1. The molecule has 1 atom stereocenters. The molecule has 18 heavy (non-hydrogen) atoms. The van der Waals surface area contributed by atoms with Crippen LogP contribution in [0.25, 0.3) is 0 Å². The number of ether oxygens (including phenoxy) is 1. The average molecular weight is 250 g/mol. The van der Waals surface area contributed by atoms with Crippen LogP contribution in [0.5, 0.6) is 5.75 Å². The standard InChI is InChI=1S/C14H22N2O2/c1-10(2)16-14(17)9-15-11(3)12-7-5-6-8-13(12)18-4/h5-8,10-11,15H,9H2,1-4H3,(H,16,17)/t11-/m0/s1. The number of amides is 1. The average Bonchev–Trinajstić information content (AvgIpc) is 2.35. The van der Waals surface area contributed by atoms with Crippen molar-refractivity contribution in [3.63, 3.8) is 0 Å². The van der Waals surface area contributed by atoms with Gasteiger partial charge >= 0.3 is 0 Å². The molecule has 2 N–H and O–H groups in total. The second kappa shape index (κ2) is 7.01. The number of carbonyl (C=O) groups excluding carboxylic acids is 1. The molecular weight excluding hydrogens is 228 g/mol. The van der Waals surface area contributed by atoms with Gasteiger partial charge in [-0.3, -0.25) is 4.79 Å². The molecule has 0 bridgehead atoms. The first-order chi connectivity index (χ1) is 8.54. The van der Waals surface area contributed by atoms with Crippen molar-refractivity contribution in [1.29, 1.82) is 0 Å². The predicted molar refractivity (Wildman–Crippen MR) is 72.7 cm³/mol. The molecule has 0 radical (unpaired) electrons. The Bertz CT molecular complexity index is 391. The maximum atomic E-state index is 11.5. The largest absolute Gasteiger partial charge is 0.496 e. The highest BCUT2D eigenvalue weighted by atomic mass is 16.5. The quantitative estimate of drug-likeness (QED) is 0.810. The van der Waals surface area contributed by atoms with Crippen LogP contribution in [-0.4, -0.2) is 25.6 Å². The number of hydrogen-bond acceptors (Lipinski definition) is 3. The minimum Gasteiger partial charge on any atom is -0.496 e. The molecule has 0 aliphatic carbocycles. The minimum absolute atomic E-state index is 0.00625. The second-order valence-corrected chi connectivity index (χ2v) is 4.57. The van der Waals surface area contributed by atoms with Crippen molar-refractivity contribution in [3.05, 3.63) is 29.8 Å². The van der Waals surface area contributed by atoms with E-state index in [1.54, 1.807) is 7.11 Å². The molecule has 100 valence electrons. The highest BCUT2D eigenvalue weighted by Gasteiger charge is 2.11. The zero-order chi connectivity index (χ0) is 13.5. The van der Waals surface area contributed by atoms with Crippen molar-refractivity contribution in [2.75, 3.05) is 13.7 Å². The summed E-state index contributed by atoms with van der Waals surface area (Å²) in [6.45, 7) is 6.21. The third-order valence-corrected chi connectivity index (χ3v) is 2.62. The Morgan fingerprint density at radius 1 is 1.28 bits per heavy atom.